The third-order valence-electron chi connectivity index (χ3n) is 1.46. The lowest BCUT2D eigenvalue weighted by Gasteiger charge is -2.11. The Morgan fingerprint density at radius 3 is 2.92 bits per heavy atom. The Morgan fingerprint density at radius 2 is 2.42 bits per heavy atom. The minimum atomic E-state index is -0.115. The normalized spacial score (nSPS) is 14.7. The van der Waals surface area contributed by atoms with Crippen LogP contribution >= 0.6 is 0 Å². The van der Waals surface area contributed by atoms with E-state index in [4.69, 9.17) is 15.7 Å². The molecule has 0 aromatic heterocycles. The van der Waals surface area contributed by atoms with Gasteiger partial charge in [0.15, 0.2) is 5.84 Å². The van der Waals surface area contributed by atoms with Crippen LogP contribution in [0.1, 0.15) is 13.8 Å². The maximum absolute atomic E-state index is 8.30. The molecular formula is C7H17N3O2. The van der Waals surface area contributed by atoms with E-state index in [0.717, 1.165) is 0 Å². The molecule has 0 amide bonds. The van der Waals surface area contributed by atoms with E-state index in [1.54, 1.807) is 0 Å². The van der Waals surface area contributed by atoms with Crippen LogP contribution in [0.3, 0.4) is 0 Å². The molecule has 0 saturated heterocycles. The first-order valence-electron chi connectivity index (χ1n) is 4.00. The van der Waals surface area contributed by atoms with E-state index in [0.29, 0.717) is 19.8 Å². The molecule has 4 N–H and O–H groups in total. The van der Waals surface area contributed by atoms with Crippen LogP contribution in [0.5, 0.6) is 0 Å². The van der Waals surface area contributed by atoms with Gasteiger partial charge in [0, 0.05) is 13.2 Å². The molecule has 0 fully saturated rings. The fourth-order valence-electron chi connectivity index (χ4n) is 0.683. The van der Waals surface area contributed by atoms with Crippen LogP contribution < -0.4 is 11.1 Å². The van der Waals surface area contributed by atoms with Crippen LogP contribution in [0.4, 0.5) is 0 Å². The summed E-state index contributed by atoms with van der Waals surface area (Å²) in [7, 11) is 0. The Labute approximate surface area is 72.6 Å². The zero-order valence-electron chi connectivity index (χ0n) is 7.58. The molecule has 0 aromatic carbocycles. The van der Waals surface area contributed by atoms with Gasteiger partial charge in [-0.15, -0.1) is 0 Å². The molecule has 5 heteroatoms. The molecule has 0 spiro atoms. The summed E-state index contributed by atoms with van der Waals surface area (Å²) < 4.78 is 5.09. The molecule has 5 nitrogen and oxygen atoms in total. The number of nitrogens with zero attached hydrogens (tertiary/aromatic N) is 1. The van der Waals surface area contributed by atoms with Crippen molar-refractivity contribution in [3.05, 3.63) is 0 Å². The van der Waals surface area contributed by atoms with E-state index in [-0.39, 0.29) is 11.9 Å². The summed E-state index contributed by atoms with van der Waals surface area (Å²) in [6.07, 6.45) is 0. The SMILES string of the molecule is CCOCCNC(C)C(N)=NO. The fourth-order valence-corrected chi connectivity index (χ4v) is 0.683. The summed E-state index contributed by atoms with van der Waals surface area (Å²) >= 11 is 0. The second kappa shape index (κ2) is 6.87. The predicted octanol–water partition coefficient (Wildman–Crippen LogP) is -0.253. The molecule has 1 atom stereocenters. The van der Waals surface area contributed by atoms with Crippen molar-refractivity contribution < 1.29 is 9.94 Å². The predicted molar refractivity (Wildman–Crippen MR) is 47.4 cm³/mol. The largest absolute Gasteiger partial charge is 0.409 e. The highest BCUT2D eigenvalue weighted by Gasteiger charge is 2.04. The second-order valence-corrected chi connectivity index (χ2v) is 2.40. The highest BCUT2D eigenvalue weighted by molar-refractivity contribution is 5.84. The number of amidine groups is 1. The van der Waals surface area contributed by atoms with Gasteiger partial charge in [0.2, 0.25) is 0 Å². The second-order valence-electron chi connectivity index (χ2n) is 2.40. The summed E-state index contributed by atoms with van der Waals surface area (Å²) in [6, 6.07) is -0.115. The maximum Gasteiger partial charge on any atom is 0.156 e. The lowest BCUT2D eigenvalue weighted by molar-refractivity contribution is 0.148. The lowest BCUT2D eigenvalue weighted by Crippen LogP contribution is -2.40. The van der Waals surface area contributed by atoms with E-state index in [1.807, 2.05) is 13.8 Å². The zero-order chi connectivity index (χ0) is 9.40. The highest BCUT2D eigenvalue weighted by Crippen LogP contribution is 1.81. The minimum absolute atomic E-state index is 0.115. The molecule has 0 radical (unpaired) electrons. The Morgan fingerprint density at radius 1 is 1.75 bits per heavy atom. The zero-order valence-corrected chi connectivity index (χ0v) is 7.58. The van der Waals surface area contributed by atoms with Crippen LogP contribution in [-0.4, -0.2) is 36.8 Å². The number of nitrogens with two attached hydrogens (primary N) is 1. The average molecular weight is 175 g/mol. The number of ether oxygens (including phenoxy) is 1. The number of hydrogen-bond acceptors (Lipinski definition) is 4. The number of oxime groups is 1. The van der Waals surface area contributed by atoms with Crippen molar-refractivity contribution in [3.63, 3.8) is 0 Å². The van der Waals surface area contributed by atoms with E-state index in [2.05, 4.69) is 10.5 Å². The molecule has 1 unspecified atom stereocenters. The van der Waals surface area contributed by atoms with E-state index < -0.39 is 0 Å². The third-order valence-corrected chi connectivity index (χ3v) is 1.46. The smallest absolute Gasteiger partial charge is 0.156 e. The summed E-state index contributed by atoms with van der Waals surface area (Å²) in [5.74, 6) is 0.187. The van der Waals surface area contributed by atoms with Gasteiger partial charge in [-0.1, -0.05) is 5.16 Å². The Bertz CT molecular complexity index is 139. The fraction of sp³-hybridized carbons (Fsp3) is 0.857. The van der Waals surface area contributed by atoms with Gasteiger partial charge in [0.25, 0.3) is 0 Å². The van der Waals surface area contributed by atoms with Crippen molar-refractivity contribution >= 4 is 5.84 Å². The van der Waals surface area contributed by atoms with Gasteiger partial charge in [-0.25, -0.2) is 0 Å². The van der Waals surface area contributed by atoms with Gasteiger partial charge < -0.3 is 21.0 Å². The lowest BCUT2D eigenvalue weighted by atomic mass is 10.3. The molecule has 0 bridgehead atoms. The molecule has 0 aromatic rings. The molecule has 0 saturated carbocycles. The highest BCUT2D eigenvalue weighted by atomic mass is 16.5. The van der Waals surface area contributed by atoms with Crippen molar-refractivity contribution in [3.8, 4) is 0 Å². The monoisotopic (exact) mass is 175 g/mol. The Kier molecular flexibility index (Phi) is 6.41. The van der Waals surface area contributed by atoms with E-state index >= 15 is 0 Å². The van der Waals surface area contributed by atoms with E-state index in [9.17, 15) is 0 Å². The standard InChI is InChI=1S/C7H17N3O2/c1-3-12-5-4-9-6(2)7(8)10-11/h6,9,11H,3-5H2,1-2H3,(H2,8,10). The van der Waals surface area contributed by atoms with Crippen molar-refractivity contribution in [2.24, 2.45) is 10.9 Å². The van der Waals surface area contributed by atoms with Gasteiger partial charge in [-0.3, -0.25) is 0 Å². The first-order valence-corrected chi connectivity index (χ1v) is 4.00. The molecule has 0 aliphatic carbocycles. The van der Waals surface area contributed by atoms with Gasteiger partial charge in [-0.05, 0) is 13.8 Å². The maximum atomic E-state index is 8.30. The number of rotatable bonds is 6. The molecular weight excluding hydrogens is 158 g/mol. The number of hydrogen-bond donors (Lipinski definition) is 3. The van der Waals surface area contributed by atoms with Crippen LogP contribution in [-0.2, 0) is 4.74 Å². The minimum Gasteiger partial charge on any atom is -0.409 e. The molecule has 0 rings (SSSR count). The molecule has 0 aliphatic heterocycles. The molecule has 72 valence electrons. The van der Waals surface area contributed by atoms with Gasteiger partial charge in [-0.2, -0.15) is 0 Å². The van der Waals surface area contributed by atoms with Crippen LogP contribution in [0.2, 0.25) is 0 Å². The van der Waals surface area contributed by atoms with Crippen molar-refractivity contribution in [2.75, 3.05) is 19.8 Å². The quantitative estimate of drug-likeness (QED) is 0.171. The molecule has 0 heterocycles. The number of nitrogens with one attached hydrogen (secondary N) is 1. The van der Waals surface area contributed by atoms with Gasteiger partial charge in [0.1, 0.15) is 0 Å². The third kappa shape index (κ3) is 4.92. The molecule has 12 heavy (non-hydrogen) atoms. The first-order chi connectivity index (χ1) is 5.72. The van der Waals surface area contributed by atoms with Gasteiger partial charge in [0.05, 0.1) is 12.6 Å². The van der Waals surface area contributed by atoms with Crippen LogP contribution in [0.15, 0.2) is 5.16 Å². The summed E-state index contributed by atoms with van der Waals surface area (Å²) in [6.45, 7) is 5.80. The Balaban J connectivity index is 3.37. The summed E-state index contributed by atoms with van der Waals surface area (Å²) in [4.78, 5) is 0. The summed E-state index contributed by atoms with van der Waals surface area (Å²) in [5.41, 5.74) is 5.33. The van der Waals surface area contributed by atoms with Crippen LogP contribution in [0, 0.1) is 0 Å². The van der Waals surface area contributed by atoms with E-state index in [1.165, 1.54) is 0 Å². The average Bonchev–Trinajstić information content (AvgIpc) is 2.10. The van der Waals surface area contributed by atoms with Crippen LogP contribution in [0.25, 0.3) is 0 Å². The van der Waals surface area contributed by atoms with Crippen molar-refractivity contribution in [1.29, 1.82) is 0 Å². The summed E-state index contributed by atoms with van der Waals surface area (Å²) in [5, 5.41) is 14.2. The first kappa shape index (κ1) is 11.2. The van der Waals surface area contributed by atoms with Crippen molar-refractivity contribution in [1.82, 2.24) is 5.32 Å². The Hall–Kier alpha value is -0.810. The van der Waals surface area contributed by atoms with Crippen molar-refractivity contribution in [2.45, 2.75) is 19.9 Å². The van der Waals surface area contributed by atoms with Gasteiger partial charge >= 0.3 is 0 Å². The molecule has 0 aliphatic rings. The topological polar surface area (TPSA) is 79.9 Å².